The van der Waals surface area contributed by atoms with E-state index in [4.69, 9.17) is 0 Å². The fraction of sp³-hybridized carbons (Fsp3) is 0.500. The van der Waals surface area contributed by atoms with Crippen molar-refractivity contribution in [1.29, 1.82) is 0 Å². The lowest BCUT2D eigenvalue weighted by molar-refractivity contribution is -0.885. The molecule has 114 valence electrons. The van der Waals surface area contributed by atoms with E-state index in [1.54, 1.807) is 0 Å². The normalized spacial score (nSPS) is 19.7. The summed E-state index contributed by atoms with van der Waals surface area (Å²) < 4.78 is 0. The van der Waals surface area contributed by atoms with E-state index < -0.39 is 0 Å². The summed E-state index contributed by atoms with van der Waals surface area (Å²) in [5.74, 6) is 0.0130. The lowest BCUT2D eigenvalue weighted by Gasteiger charge is -2.24. The molecule has 0 bridgehead atoms. The maximum absolute atomic E-state index is 12.1. The van der Waals surface area contributed by atoms with E-state index in [0.29, 0.717) is 19.6 Å². The first-order chi connectivity index (χ1) is 10.1. The van der Waals surface area contributed by atoms with Crippen molar-refractivity contribution in [3.8, 4) is 0 Å². The summed E-state index contributed by atoms with van der Waals surface area (Å²) in [6, 6.07) is 8.30. The van der Waals surface area contributed by atoms with Crippen LogP contribution in [0.2, 0.25) is 0 Å². The van der Waals surface area contributed by atoms with E-state index in [0.717, 1.165) is 23.4 Å². The number of hydrogen-bond acceptors (Lipinski definition) is 2. The van der Waals surface area contributed by atoms with Gasteiger partial charge >= 0.3 is 0 Å². The van der Waals surface area contributed by atoms with Gasteiger partial charge in [-0.05, 0) is 24.5 Å². The van der Waals surface area contributed by atoms with Gasteiger partial charge in [0.05, 0.1) is 19.1 Å². The Morgan fingerprint density at radius 3 is 2.71 bits per heavy atom. The van der Waals surface area contributed by atoms with Crippen molar-refractivity contribution < 1.29 is 14.5 Å². The SMILES string of the molecule is CCc1ccc([C@@H](C)NC(=O)C[NH+]2CCNC(=O)C2)cc1. The van der Waals surface area contributed by atoms with Crippen LogP contribution in [0.15, 0.2) is 24.3 Å². The van der Waals surface area contributed by atoms with Gasteiger partial charge in [-0.15, -0.1) is 0 Å². The van der Waals surface area contributed by atoms with Gasteiger partial charge in [-0.25, -0.2) is 0 Å². The summed E-state index contributed by atoms with van der Waals surface area (Å²) in [4.78, 5) is 24.4. The molecule has 1 heterocycles. The minimum absolute atomic E-state index is 0.00762. The van der Waals surface area contributed by atoms with Crippen LogP contribution in [0.1, 0.15) is 31.0 Å². The molecule has 0 aromatic heterocycles. The predicted molar refractivity (Wildman–Crippen MR) is 81.0 cm³/mol. The molecule has 5 nitrogen and oxygen atoms in total. The zero-order valence-corrected chi connectivity index (χ0v) is 12.7. The molecule has 0 spiro atoms. The van der Waals surface area contributed by atoms with Crippen LogP contribution in [0.4, 0.5) is 0 Å². The molecule has 3 N–H and O–H groups in total. The number of nitrogens with one attached hydrogen (secondary N) is 3. The fourth-order valence-electron chi connectivity index (χ4n) is 2.55. The van der Waals surface area contributed by atoms with Crippen molar-refractivity contribution >= 4 is 11.8 Å². The van der Waals surface area contributed by atoms with Gasteiger partial charge in [-0.1, -0.05) is 31.2 Å². The molecular formula is C16H24N3O2+. The Bertz CT molecular complexity index is 499. The van der Waals surface area contributed by atoms with Crippen molar-refractivity contribution in [3.05, 3.63) is 35.4 Å². The molecule has 2 amide bonds. The highest BCUT2D eigenvalue weighted by atomic mass is 16.2. The standard InChI is InChI=1S/C16H23N3O2/c1-3-13-4-6-14(7-5-13)12(2)18-16(21)11-19-9-8-17-15(20)10-19/h4-7,12H,3,8-11H2,1-2H3,(H,17,20)(H,18,21)/p+1/t12-/m1/s1. The summed E-state index contributed by atoms with van der Waals surface area (Å²) in [5.41, 5.74) is 2.40. The number of quaternary nitrogens is 1. The second-order valence-electron chi connectivity index (χ2n) is 5.59. The minimum Gasteiger partial charge on any atom is -0.346 e. The van der Waals surface area contributed by atoms with E-state index >= 15 is 0 Å². The van der Waals surface area contributed by atoms with Gasteiger partial charge in [0.15, 0.2) is 13.1 Å². The van der Waals surface area contributed by atoms with E-state index in [1.807, 2.05) is 6.92 Å². The minimum atomic E-state index is -0.0126. The third kappa shape index (κ3) is 4.56. The topological polar surface area (TPSA) is 62.6 Å². The van der Waals surface area contributed by atoms with Crippen LogP contribution in [0.25, 0.3) is 0 Å². The van der Waals surface area contributed by atoms with E-state index in [-0.39, 0.29) is 17.9 Å². The van der Waals surface area contributed by atoms with Gasteiger partial charge in [0, 0.05) is 0 Å². The van der Waals surface area contributed by atoms with Gasteiger partial charge in [0.1, 0.15) is 0 Å². The van der Waals surface area contributed by atoms with Crippen LogP contribution in [0.3, 0.4) is 0 Å². The van der Waals surface area contributed by atoms with Crippen molar-refractivity contribution in [1.82, 2.24) is 10.6 Å². The van der Waals surface area contributed by atoms with Crippen molar-refractivity contribution in [2.45, 2.75) is 26.3 Å². The zero-order chi connectivity index (χ0) is 15.2. The van der Waals surface area contributed by atoms with E-state index in [9.17, 15) is 9.59 Å². The maximum atomic E-state index is 12.1. The highest BCUT2D eigenvalue weighted by Crippen LogP contribution is 2.13. The number of carbonyl (C=O) groups excluding carboxylic acids is 2. The molecular weight excluding hydrogens is 266 g/mol. The molecule has 1 aromatic carbocycles. The monoisotopic (exact) mass is 290 g/mol. The summed E-state index contributed by atoms with van der Waals surface area (Å²) in [6.07, 6.45) is 1.02. The number of hydrogen-bond donors (Lipinski definition) is 3. The van der Waals surface area contributed by atoms with Crippen LogP contribution >= 0.6 is 0 Å². The molecule has 5 heteroatoms. The predicted octanol–water partition coefficient (Wildman–Crippen LogP) is -0.559. The number of amides is 2. The van der Waals surface area contributed by atoms with Crippen LogP contribution in [0, 0.1) is 0 Å². The third-order valence-electron chi connectivity index (χ3n) is 3.89. The highest BCUT2D eigenvalue weighted by molar-refractivity contribution is 5.79. The largest absolute Gasteiger partial charge is 0.346 e. The first-order valence-corrected chi connectivity index (χ1v) is 7.57. The molecule has 2 atom stereocenters. The first kappa shape index (κ1) is 15.5. The van der Waals surface area contributed by atoms with Crippen molar-refractivity contribution in [2.24, 2.45) is 0 Å². The smallest absolute Gasteiger partial charge is 0.275 e. The molecule has 0 aliphatic carbocycles. The van der Waals surface area contributed by atoms with Crippen LogP contribution in [-0.4, -0.2) is 38.0 Å². The first-order valence-electron chi connectivity index (χ1n) is 7.57. The Hall–Kier alpha value is -1.88. The van der Waals surface area contributed by atoms with E-state index in [2.05, 4.69) is 41.8 Å². The summed E-state index contributed by atoms with van der Waals surface area (Å²) >= 11 is 0. The molecule has 1 saturated heterocycles. The third-order valence-corrected chi connectivity index (χ3v) is 3.89. The molecule has 21 heavy (non-hydrogen) atoms. The zero-order valence-electron chi connectivity index (χ0n) is 12.7. The van der Waals surface area contributed by atoms with Crippen molar-refractivity contribution in [2.75, 3.05) is 26.2 Å². The van der Waals surface area contributed by atoms with Gasteiger partial charge in [0.25, 0.3) is 11.8 Å². The van der Waals surface area contributed by atoms with Gasteiger partial charge in [-0.3, -0.25) is 9.59 Å². The Labute approximate surface area is 125 Å². The Morgan fingerprint density at radius 1 is 1.38 bits per heavy atom. The van der Waals surface area contributed by atoms with Gasteiger partial charge in [0.2, 0.25) is 0 Å². The lowest BCUT2D eigenvalue weighted by atomic mass is 10.1. The molecule has 0 saturated carbocycles. The summed E-state index contributed by atoms with van der Waals surface area (Å²) in [6.45, 7) is 6.29. The molecule has 2 rings (SSSR count). The number of piperazine rings is 1. The number of benzene rings is 1. The highest BCUT2D eigenvalue weighted by Gasteiger charge is 2.22. The Morgan fingerprint density at radius 2 is 2.10 bits per heavy atom. The molecule has 1 fully saturated rings. The average Bonchev–Trinajstić information content (AvgIpc) is 2.47. The molecule has 1 aromatic rings. The lowest BCUT2D eigenvalue weighted by Crippen LogP contribution is -3.16. The quantitative estimate of drug-likeness (QED) is 0.681. The van der Waals surface area contributed by atoms with Gasteiger partial charge < -0.3 is 15.5 Å². The summed E-state index contributed by atoms with van der Waals surface area (Å²) in [5, 5.41) is 5.78. The average molecular weight is 290 g/mol. The Balaban J connectivity index is 1.84. The van der Waals surface area contributed by atoms with Crippen LogP contribution in [0.5, 0.6) is 0 Å². The molecule has 1 aliphatic rings. The van der Waals surface area contributed by atoms with Gasteiger partial charge in [-0.2, -0.15) is 0 Å². The maximum Gasteiger partial charge on any atom is 0.275 e. The van der Waals surface area contributed by atoms with Crippen LogP contribution < -0.4 is 15.5 Å². The van der Waals surface area contributed by atoms with Crippen molar-refractivity contribution in [3.63, 3.8) is 0 Å². The molecule has 1 unspecified atom stereocenters. The Kier molecular flexibility index (Phi) is 5.33. The number of aryl methyl sites for hydroxylation is 1. The summed E-state index contributed by atoms with van der Waals surface area (Å²) in [7, 11) is 0. The number of rotatable bonds is 5. The molecule has 1 aliphatic heterocycles. The molecule has 0 radical (unpaired) electrons. The fourth-order valence-corrected chi connectivity index (χ4v) is 2.55. The second kappa shape index (κ2) is 7.22. The number of carbonyl (C=O) groups is 2. The van der Waals surface area contributed by atoms with Crippen LogP contribution in [-0.2, 0) is 16.0 Å². The second-order valence-corrected chi connectivity index (χ2v) is 5.59. The van der Waals surface area contributed by atoms with E-state index in [1.165, 1.54) is 5.56 Å².